The van der Waals surface area contributed by atoms with Crippen LogP contribution in [0.15, 0.2) is 42.5 Å². The molecule has 0 aliphatic carbocycles. The molecule has 2 aromatic carbocycles. The van der Waals surface area contributed by atoms with Crippen molar-refractivity contribution < 1.29 is 19.0 Å². The van der Waals surface area contributed by atoms with E-state index in [1.54, 1.807) is 33.5 Å². The van der Waals surface area contributed by atoms with Gasteiger partial charge in [0.1, 0.15) is 0 Å². The van der Waals surface area contributed by atoms with Gasteiger partial charge in [0.15, 0.2) is 11.5 Å². The van der Waals surface area contributed by atoms with Gasteiger partial charge in [-0.15, -0.1) is 0 Å². The summed E-state index contributed by atoms with van der Waals surface area (Å²) < 4.78 is 16.0. The zero-order valence-electron chi connectivity index (χ0n) is 18.7. The van der Waals surface area contributed by atoms with Crippen LogP contribution < -0.4 is 19.5 Å². The van der Waals surface area contributed by atoms with Gasteiger partial charge >= 0.3 is 0 Å². The Morgan fingerprint density at radius 1 is 0.903 bits per heavy atom. The molecule has 1 saturated heterocycles. The second kappa shape index (κ2) is 11.6. The average Bonchev–Trinajstić information content (AvgIpc) is 3.02. The van der Waals surface area contributed by atoms with Gasteiger partial charge in [-0.3, -0.25) is 9.69 Å². The van der Waals surface area contributed by atoms with Gasteiger partial charge in [-0.1, -0.05) is 30.3 Å². The summed E-state index contributed by atoms with van der Waals surface area (Å²) in [5.74, 6) is 1.51. The molecule has 168 valence electrons. The third kappa shape index (κ3) is 6.60. The quantitative estimate of drug-likeness (QED) is 0.663. The van der Waals surface area contributed by atoms with Gasteiger partial charge in [0.2, 0.25) is 11.7 Å². The molecule has 1 heterocycles. The lowest BCUT2D eigenvalue weighted by Gasteiger charge is -2.21. The lowest BCUT2D eigenvalue weighted by Crippen LogP contribution is -2.32. The molecule has 7 heteroatoms. The molecule has 0 spiro atoms. The lowest BCUT2D eigenvalue weighted by atomic mass is 10.2. The summed E-state index contributed by atoms with van der Waals surface area (Å²) in [7, 11) is 4.67. The fourth-order valence-electron chi connectivity index (χ4n) is 3.88. The molecule has 0 saturated carbocycles. The number of nitrogens with zero attached hydrogens (tertiary/aromatic N) is 2. The Kier molecular flexibility index (Phi) is 8.55. The number of hydrogen-bond donors (Lipinski definition) is 1. The number of methoxy groups -OCH3 is 3. The van der Waals surface area contributed by atoms with Crippen LogP contribution in [-0.2, 0) is 11.3 Å². The van der Waals surface area contributed by atoms with Gasteiger partial charge in [-0.25, -0.2) is 0 Å². The van der Waals surface area contributed by atoms with Gasteiger partial charge in [0.05, 0.1) is 21.3 Å². The Morgan fingerprint density at radius 3 is 2.19 bits per heavy atom. The third-order valence-corrected chi connectivity index (χ3v) is 5.53. The van der Waals surface area contributed by atoms with E-state index in [1.807, 2.05) is 0 Å². The molecule has 2 aromatic rings. The highest BCUT2D eigenvalue weighted by molar-refractivity contribution is 5.91. The van der Waals surface area contributed by atoms with Crippen LogP contribution in [0, 0.1) is 0 Å². The van der Waals surface area contributed by atoms with Crippen molar-refractivity contribution in [1.82, 2.24) is 9.80 Å². The van der Waals surface area contributed by atoms with Crippen LogP contribution >= 0.6 is 0 Å². The molecule has 0 bridgehead atoms. The van der Waals surface area contributed by atoms with Crippen molar-refractivity contribution in [2.45, 2.75) is 19.4 Å². The summed E-state index contributed by atoms with van der Waals surface area (Å²) in [5.41, 5.74) is 1.98. The van der Waals surface area contributed by atoms with E-state index < -0.39 is 0 Å². The highest BCUT2D eigenvalue weighted by Gasteiger charge is 2.17. The van der Waals surface area contributed by atoms with Crippen LogP contribution in [0.2, 0.25) is 0 Å². The summed E-state index contributed by atoms with van der Waals surface area (Å²) in [6.45, 7) is 5.82. The summed E-state index contributed by atoms with van der Waals surface area (Å²) in [5, 5.41) is 2.95. The minimum Gasteiger partial charge on any atom is -0.493 e. The minimum absolute atomic E-state index is 0.0281. The zero-order chi connectivity index (χ0) is 22.1. The predicted octanol–water partition coefficient (Wildman–Crippen LogP) is 3.25. The van der Waals surface area contributed by atoms with E-state index in [9.17, 15) is 4.79 Å². The summed E-state index contributed by atoms with van der Waals surface area (Å²) in [6.07, 6.45) is 1.55. The van der Waals surface area contributed by atoms with Gasteiger partial charge in [0, 0.05) is 50.4 Å². The number of anilines is 1. The highest BCUT2D eigenvalue weighted by atomic mass is 16.5. The van der Waals surface area contributed by atoms with Gasteiger partial charge in [0.25, 0.3) is 0 Å². The number of amides is 1. The molecular weight excluding hydrogens is 394 g/mol. The molecule has 1 fully saturated rings. The number of ether oxygens (including phenoxy) is 3. The monoisotopic (exact) mass is 427 g/mol. The molecule has 0 atom stereocenters. The van der Waals surface area contributed by atoms with Crippen molar-refractivity contribution in [3.8, 4) is 17.2 Å². The Morgan fingerprint density at radius 2 is 1.55 bits per heavy atom. The molecule has 1 aliphatic rings. The third-order valence-electron chi connectivity index (χ3n) is 5.53. The SMILES string of the molecule is COc1cc(NC(=O)CCN2CCCN(Cc3ccccc3)CC2)cc(OC)c1OC. The van der Waals surface area contributed by atoms with Crippen LogP contribution in [0.25, 0.3) is 0 Å². The van der Waals surface area contributed by atoms with Crippen LogP contribution in [0.4, 0.5) is 5.69 Å². The van der Waals surface area contributed by atoms with E-state index in [4.69, 9.17) is 14.2 Å². The molecule has 7 nitrogen and oxygen atoms in total. The number of rotatable bonds is 9. The molecule has 1 amide bonds. The van der Waals surface area contributed by atoms with E-state index in [-0.39, 0.29) is 5.91 Å². The van der Waals surface area contributed by atoms with E-state index in [0.29, 0.717) is 29.4 Å². The molecule has 3 rings (SSSR count). The minimum atomic E-state index is -0.0281. The normalized spacial score (nSPS) is 15.2. The summed E-state index contributed by atoms with van der Waals surface area (Å²) in [4.78, 5) is 17.4. The second-order valence-corrected chi connectivity index (χ2v) is 7.67. The number of nitrogens with one attached hydrogen (secondary N) is 1. The maximum Gasteiger partial charge on any atom is 0.225 e. The van der Waals surface area contributed by atoms with E-state index in [2.05, 4.69) is 45.4 Å². The second-order valence-electron chi connectivity index (χ2n) is 7.67. The molecule has 1 aliphatic heterocycles. The lowest BCUT2D eigenvalue weighted by molar-refractivity contribution is -0.116. The molecule has 0 unspecified atom stereocenters. The Balaban J connectivity index is 1.48. The first-order chi connectivity index (χ1) is 15.1. The zero-order valence-corrected chi connectivity index (χ0v) is 18.7. The van der Waals surface area contributed by atoms with Crippen molar-refractivity contribution in [2.75, 3.05) is 59.4 Å². The van der Waals surface area contributed by atoms with Gasteiger partial charge in [-0.05, 0) is 25.1 Å². The van der Waals surface area contributed by atoms with Crippen molar-refractivity contribution in [1.29, 1.82) is 0 Å². The van der Waals surface area contributed by atoms with Gasteiger partial charge < -0.3 is 24.4 Å². The fourth-order valence-corrected chi connectivity index (χ4v) is 3.88. The Bertz CT molecular complexity index is 819. The topological polar surface area (TPSA) is 63.3 Å². The van der Waals surface area contributed by atoms with Crippen molar-refractivity contribution in [3.63, 3.8) is 0 Å². The first-order valence-electron chi connectivity index (χ1n) is 10.7. The Labute approximate surface area is 184 Å². The van der Waals surface area contributed by atoms with Crippen LogP contribution in [0.5, 0.6) is 17.2 Å². The molecule has 0 aromatic heterocycles. The van der Waals surface area contributed by atoms with Crippen LogP contribution in [-0.4, -0.2) is 69.8 Å². The number of carbonyl (C=O) groups is 1. The highest BCUT2D eigenvalue weighted by Crippen LogP contribution is 2.39. The van der Waals surface area contributed by atoms with E-state index in [1.165, 1.54) is 5.56 Å². The standard InChI is InChI=1S/C24H33N3O4/c1-29-21-16-20(17-22(30-2)24(21)31-3)25-23(28)10-13-26-11-7-12-27(15-14-26)18-19-8-5-4-6-9-19/h4-6,8-9,16-17H,7,10-15,18H2,1-3H3,(H,25,28). The average molecular weight is 428 g/mol. The first-order valence-corrected chi connectivity index (χ1v) is 10.7. The predicted molar refractivity (Wildman–Crippen MR) is 122 cm³/mol. The molecule has 1 N–H and O–H groups in total. The maximum atomic E-state index is 12.5. The summed E-state index contributed by atoms with van der Waals surface area (Å²) in [6, 6.07) is 14.1. The van der Waals surface area contributed by atoms with E-state index in [0.717, 1.165) is 45.7 Å². The van der Waals surface area contributed by atoms with E-state index >= 15 is 0 Å². The molecule has 0 radical (unpaired) electrons. The number of benzene rings is 2. The number of hydrogen-bond acceptors (Lipinski definition) is 6. The molecule has 31 heavy (non-hydrogen) atoms. The molecular formula is C24H33N3O4. The van der Waals surface area contributed by atoms with Crippen LogP contribution in [0.1, 0.15) is 18.4 Å². The van der Waals surface area contributed by atoms with Crippen LogP contribution in [0.3, 0.4) is 0 Å². The Hall–Kier alpha value is -2.77. The van der Waals surface area contributed by atoms with Crippen molar-refractivity contribution in [3.05, 3.63) is 48.0 Å². The number of carbonyl (C=O) groups excluding carboxylic acids is 1. The van der Waals surface area contributed by atoms with Gasteiger partial charge in [-0.2, -0.15) is 0 Å². The van der Waals surface area contributed by atoms with Crippen molar-refractivity contribution in [2.24, 2.45) is 0 Å². The maximum absolute atomic E-state index is 12.5. The largest absolute Gasteiger partial charge is 0.493 e. The smallest absolute Gasteiger partial charge is 0.225 e. The fraction of sp³-hybridized carbons (Fsp3) is 0.458. The first kappa shape index (κ1) is 22.9. The van der Waals surface area contributed by atoms with Crippen molar-refractivity contribution >= 4 is 11.6 Å². The summed E-state index contributed by atoms with van der Waals surface area (Å²) >= 11 is 0.